The number of piperidine rings is 1. The second-order valence-corrected chi connectivity index (χ2v) is 10.8. The quantitative estimate of drug-likeness (QED) is 0.460. The first-order valence-corrected chi connectivity index (χ1v) is 13.5. The van der Waals surface area contributed by atoms with Gasteiger partial charge in [0.25, 0.3) is 0 Å². The molecule has 2 aromatic heterocycles. The van der Waals surface area contributed by atoms with Crippen LogP contribution in [0.3, 0.4) is 0 Å². The van der Waals surface area contributed by atoms with E-state index in [0.29, 0.717) is 22.8 Å². The maximum atomic E-state index is 13.8. The summed E-state index contributed by atoms with van der Waals surface area (Å²) in [5, 5.41) is 0. The third-order valence-corrected chi connectivity index (χ3v) is 7.88. The largest absolute Gasteiger partial charge is 0.449 e. The molecule has 2 saturated heterocycles. The number of likely N-dealkylation sites (tertiary alicyclic amines) is 1. The summed E-state index contributed by atoms with van der Waals surface area (Å²) >= 11 is 0. The fourth-order valence-corrected chi connectivity index (χ4v) is 5.68. The number of alkyl halides is 3. The number of hydrogen-bond acceptors (Lipinski definition) is 5. The third kappa shape index (κ3) is 6.11. The van der Waals surface area contributed by atoms with Gasteiger partial charge in [0.2, 0.25) is 5.82 Å². The van der Waals surface area contributed by atoms with Crippen LogP contribution in [0.2, 0.25) is 0 Å². The third-order valence-electron chi connectivity index (χ3n) is 7.88. The molecule has 2 aliphatic rings. The van der Waals surface area contributed by atoms with Gasteiger partial charge in [-0.1, -0.05) is 36.4 Å². The van der Waals surface area contributed by atoms with Crippen molar-refractivity contribution in [2.75, 3.05) is 52.9 Å². The minimum absolute atomic E-state index is 0.0630. The molecule has 0 radical (unpaired) electrons. The number of aryl methyl sites for hydroxylation is 2. The summed E-state index contributed by atoms with van der Waals surface area (Å²) in [5.74, 6) is -0.908. The molecule has 0 amide bonds. The van der Waals surface area contributed by atoms with E-state index in [9.17, 15) is 13.2 Å². The van der Waals surface area contributed by atoms with Crippen LogP contribution in [0, 0.1) is 13.8 Å². The van der Waals surface area contributed by atoms with Gasteiger partial charge in [-0.05, 0) is 69.6 Å². The number of likely N-dealkylation sites (N-methyl/N-ethyl adjacent to an activating group) is 1. The van der Waals surface area contributed by atoms with Gasteiger partial charge in [-0.15, -0.1) is 0 Å². The van der Waals surface area contributed by atoms with Crippen LogP contribution in [0.5, 0.6) is 0 Å². The molecule has 4 heterocycles. The van der Waals surface area contributed by atoms with Crippen molar-refractivity contribution in [2.45, 2.75) is 45.5 Å². The predicted molar refractivity (Wildman–Crippen MR) is 145 cm³/mol. The van der Waals surface area contributed by atoms with Crippen molar-refractivity contribution < 1.29 is 13.2 Å². The number of rotatable bonds is 6. The van der Waals surface area contributed by atoms with E-state index in [-0.39, 0.29) is 12.2 Å². The number of aromatic nitrogens is 3. The Labute approximate surface area is 222 Å². The van der Waals surface area contributed by atoms with Crippen LogP contribution in [-0.2, 0) is 12.7 Å². The lowest BCUT2D eigenvalue weighted by molar-refractivity contribution is -0.146. The number of benzene rings is 1. The molecule has 5 rings (SSSR count). The summed E-state index contributed by atoms with van der Waals surface area (Å²) in [7, 11) is 2.20. The van der Waals surface area contributed by atoms with Gasteiger partial charge < -0.3 is 9.47 Å². The van der Waals surface area contributed by atoms with E-state index >= 15 is 0 Å². The van der Waals surface area contributed by atoms with Gasteiger partial charge in [-0.3, -0.25) is 9.80 Å². The molecule has 0 aliphatic carbocycles. The summed E-state index contributed by atoms with van der Waals surface area (Å²) in [4.78, 5) is 15.9. The maximum absolute atomic E-state index is 13.8. The van der Waals surface area contributed by atoms with Gasteiger partial charge in [-0.25, -0.2) is 9.97 Å². The molecule has 9 heteroatoms. The highest BCUT2D eigenvalue weighted by atomic mass is 19.4. The average molecular weight is 527 g/mol. The predicted octanol–water partition coefficient (Wildman–Crippen LogP) is 4.84. The fraction of sp³-hybridized carbons (Fsp3) is 0.517. The molecular weight excluding hydrogens is 489 g/mol. The summed E-state index contributed by atoms with van der Waals surface area (Å²) in [6.07, 6.45) is 2.18. The van der Waals surface area contributed by atoms with Crippen LogP contribution < -0.4 is 0 Å². The SMILES string of the molecule is Cc1cc(C)c2nc(C(F)(F)F)n(Cc3ccc(/C=C/CN4CCC(N5CCN(C)CC5)CC4)cc3)c2n1. The van der Waals surface area contributed by atoms with Crippen molar-refractivity contribution >= 4 is 17.2 Å². The number of imidazole rings is 1. The first-order valence-electron chi connectivity index (χ1n) is 13.5. The molecule has 0 N–H and O–H groups in total. The average Bonchev–Trinajstić information content (AvgIpc) is 3.25. The highest BCUT2D eigenvalue weighted by Gasteiger charge is 2.38. The summed E-state index contributed by atoms with van der Waals surface area (Å²) in [5.41, 5.74) is 3.76. The molecule has 204 valence electrons. The van der Waals surface area contributed by atoms with Crippen molar-refractivity contribution in [1.29, 1.82) is 0 Å². The highest BCUT2D eigenvalue weighted by molar-refractivity contribution is 5.76. The second-order valence-electron chi connectivity index (χ2n) is 10.8. The van der Waals surface area contributed by atoms with Crippen LogP contribution in [0.4, 0.5) is 13.2 Å². The molecule has 0 atom stereocenters. The summed E-state index contributed by atoms with van der Waals surface area (Å²) < 4.78 is 42.5. The number of piperazine rings is 1. The molecule has 38 heavy (non-hydrogen) atoms. The Morgan fingerprint density at radius 3 is 2.29 bits per heavy atom. The van der Waals surface area contributed by atoms with Crippen LogP contribution in [0.15, 0.2) is 36.4 Å². The first-order chi connectivity index (χ1) is 18.2. The minimum atomic E-state index is -4.55. The topological polar surface area (TPSA) is 40.4 Å². The van der Waals surface area contributed by atoms with Gasteiger partial charge in [0.15, 0.2) is 5.65 Å². The van der Waals surface area contributed by atoms with Crippen LogP contribution in [0.25, 0.3) is 17.2 Å². The summed E-state index contributed by atoms with van der Waals surface area (Å²) in [6.45, 7) is 11.5. The van der Waals surface area contributed by atoms with Crippen LogP contribution >= 0.6 is 0 Å². The number of fused-ring (bicyclic) bond motifs is 1. The van der Waals surface area contributed by atoms with Crippen LogP contribution in [-0.4, -0.2) is 88.1 Å². The highest BCUT2D eigenvalue weighted by Crippen LogP contribution is 2.32. The number of pyridine rings is 1. The van der Waals surface area contributed by atoms with Gasteiger partial charge in [-0.2, -0.15) is 13.2 Å². The second kappa shape index (κ2) is 11.2. The summed E-state index contributed by atoms with van der Waals surface area (Å²) in [6, 6.07) is 10.2. The van der Waals surface area contributed by atoms with Crippen LogP contribution in [0.1, 0.15) is 41.1 Å². The fourth-order valence-electron chi connectivity index (χ4n) is 5.68. The van der Waals surface area contributed by atoms with Gasteiger partial charge in [0.1, 0.15) is 5.52 Å². The van der Waals surface area contributed by atoms with E-state index < -0.39 is 12.0 Å². The smallest absolute Gasteiger partial charge is 0.304 e. The zero-order valence-electron chi connectivity index (χ0n) is 22.5. The van der Waals surface area contributed by atoms with Gasteiger partial charge in [0.05, 0.1) is 6.54 Å². The van der Waals surface area contributed by atoms with E-state index in [2.05, 4.69) is 43.9 Å². The zero-order chi connectivity index (χ0) is 26.9. The lowest BCUT2D eigenvalue weighted by Crippen LogP contribution is -2.52. The Kier molecular flexibility index (Phi) is 7.88. The van der Waals surface area contributed by atoms with E-state index in [1.165, 1.54) is 43.6 Å². The van der Waals surface area contributed by atoms with Crippen molar-refractivity contribution in [3.63, 3.8) is 0 Å². The minimum Gasteiger partial charge on any atom is -0.304 e. The lowest BCUT2D eigenvalue weighted by atomic mass is 10.0. The number of hydrogen-bond donors (Lipinski definition) is 0. The van der Waals surface area contributed by atoms with Crippen molar-refractivity contribution in [2.24, 2.45) is 0 Å². The first kappa shape index (κ1) is 26.8. The molecular formula is C29H37F3N6. The standard InChI is InChI=1S/C29H37F3N6/c1-21-19-22(2)33-27-26(21)34-28(29(30,31)32)38(27)20-24-8-6-23(7-9-24)5-4-12-36-13-10-25(11-14-36)37-17-15-35(3)16-18-37/h4-9,19,25H,10-18,20H2,1-3H3/b5-4+. The Morgan fingerprint density at radius 2 is 1.63 bits per heavy atom. The molecule has 6 nitrogen and oxygen atoms in total. The normalized spacial score (nSPS) is 19.2. The monoisotopic (exact) mass is 526 g/mol. The molecule has 2 fully saturated rings. The molecule has 0 unspecified atom stereocenters. The zero-order valence-corrected chi connectivity index (χ0v) is 22.5. The Morgan fingerprint density at radius 1 is 0.947 bits per heavy atom. The van der Waals surface area contributed by atoms with Crippen molar-refractivity contribution in [1.82, 2.24) is 29.2 Å². The molecule has 3 aromatic rings. The Bertz CT molecular complexity index is 1260. The van der Waals surface area contributed by atoms with E-state index in [1.54, 1.807) is 19.9 Å². The molecule has 2 aliphatic heterocycles. The molecule has 0 spiro atoms. The van der Waals surface area contributed by atoms with Gasteiger partial charge in [0, 0.05) is 44.5 Å². The number of halogens is 3. The Balaban J connectivity index is 1.19. The molecule has 1 aromatic carbocycles. The van der Waals surface area contributed by atoms with Crippen molar-refractivity contribution in [3.8, 4) is 0 Å². The number of nitrogens with zero attached hydrogens (tertiary/aromatic N) is 6. The van der Waals surface area contributed by atoms with E-state index in [0.717, 1.165) is 30.8 Å². The van der Waals surface area contributed by atoms with E-state index in [1.807, 2.05) is 24.3 Å². The van der Waals surface area contributed by atoms with Gasteiger partial charge >= 0.3 is 6.18 Å². The molecule has 0 bridgehead atoms. The van der Waals surface area contributed by atoms with E-state index in [4.69, 9.17) is 0 Å². The lowest BCUT2D eigenvalue weighted by Gasteiger charge is -2.41. The molecule has 0 saturated carbocycles. The Hall–Kier alpha value is -2.75. The maximum Gasteiger partial charge on any atom is 0.449 e. The van der Waals surface area contributed by atoms with Crippen molar-refractivity contribution in [3.05, 3.63) is 64.6 Å².